The summed E-state index contributed by atoms with van der Waals surface area (Å²) >= 11 is 0. The number of anilines is 1. The van der Waals surface area contributed by atoms with E-state index in [2.05, 4.69) is 10.6 Å². The van der Waals surface area contributed by atoms with Gasteiger partial charge in [-0.3, -0.25) is 14.4 Å². The SMILES string of the molecule is CCCN(C(=O)C(CC(N)=O)NC(=O)OC(C)(C)C)C(C(=O)Nc1c(C)cccc1C)c1cc(C)cc(C)c1. The maximum Gasteiger partial charge on any atom is 0.408 e. The van der Waals surface area contributed by atoms with E-state index in [1.807, 2.05) is 71.0 Å². The van der Waals surface area contributed by atoms with Crippen LogP contribution in [0.3, 0.4) is 0 Å². The lowest BCUT2D eigenvalue weighted by Crippen LogP contribution is -2.53. The van der Waals surface area contributed by atoms with Gasteiger partial charge in [0.25, 0.3) is 5.91 Å². The van der Waals surface area contributed by atoms with Crippen LogP contribution >= 0.6 is 0 Å². The van der Waals surface area contributed by atoms with Crippen LogP contribution in [0.5, 0.6) is 0 Å². The maximum absolute atomic E-state index is 14.0. The number of aryl methyl sites for hydroxylation is 4. The third-order valence-corrected chi connectivity index (χ3v) is 5.99. The van der Waals surface area contributed by atoms with Crippen molar-refractivity contribution >= 4 is 29.5 Å². The van der Waals surface area contributed by atoms with Gasteiger partial charge in [0.15, 0.2) is 0 Å². The average molecular weight is 539 g/mol. The maximum atomic E-state index is 14.0. The Bertz CT molecular complexity index is 1180. The van der Waals surface area contributed by atoms with E-state index in [9.17, 15) is 19.2 Å². The van der Waals surface area contributed by atoms with Gasteiger partial charge in [0.05, 0.1) is 6.42 Å². The second-order valence-corrected chi connectivity index (χ2v) is 11.0. The molecule has 4 amide bonds. The number of carbonyl (C=O) groups is 4. The summed E-state index contributed by atoms with van der Waals surface area (Å²) in [6, 6.07) is 9.07. The second kappa shape index (κ2) is 13.3. The molecule has 39 heavy (non-hydrogen) atoms. The number of nitrogens with one attached hydrogen (secondary N) is 2. The van der Waals surface area contributed by atoms with E-state index < -0.39 is 47.9 Å². The van der Waals surface area contributed by atoms with E-state index in [1.165, 1.54) is 4.90 Å². The molecule has 0 aromatic heterocycles. The number of rotatable bonds is 10. The van der Waals surface area contributed by atoms with E-state index in [0.717, 1.165) is 22.3 Å². The van der Waals surface area contributed by atoms with Crippen LogP contribution in [0.4, 0.5) is 10.5 Å². The fourth-order valence-electron chi connectivity index (χ4n) is 4.50. The monoisotopic (exact) mass is 538 g/mol. The number of ether oxygens (including phenoxy) is 1. The van der Waals surface area contributed by atoms with Crippen molar-refractivity contribution in [1.82, 2.24) is 10.2 Å². The van der Waals surface area contributed by atoms with Crippen molar-refractivity contribution < 1.29 is 23.9 Å². The van der Waals surface area contributed by atoms with E-state index in [4.69, 9.17) is 10.5 Å². The molecule has 0 fully saturated rings. The third kappa shape index (κ3) is 9.12. The Kier molecular flexibility index (Phi) is 10.7. The number of primary amides is 1. The van der Waals surface area contributed by atoms with Crippen LogP contribution in [0.15, 0.2) is 36.4 Å². The largest absolute Gasteiger partial charge is 0.444 e. The summed E-state index contributed by atoms with van der Waals surface area (Å²) in [5, 5.41) is 5.52. The summed E-state index contributed by atoms with van der Waals surface area (Å²) in [5.74, 6) is -1.79. The van der Waals surface area contributed by atoms with E-state index in [1.54, 1.807) is 20.8 Å². The Balaban J connectivity index is 2.60. The summed E-state index contributed by atoms with van der Waals surface area (Å²) in [7, 11) is 0. The Morgan fingerprint density at radius 2 is 1.54 bits per heavy atom. The van der Waals surface area contributed by atoms with Crippen molar-refractivity contribution in [3.05, 3.63) is 64.2 Å². The minimum Gasteiger partial charge on any atom is -0.444 e. The quantitative estimate of drug-likeness (QED) is 0.407. The van der Waals surface area contributed by atoms with Crippen LogP contribution in [0, 0.1) is 27.7 Å². The molecule has 2 rings (SSSR count). The summed E-state index contributed by atoms with van der Waals surface area (Å²) in [6.07, 6.45) is -0.781. The van der Waals surface area contributed by atoms with Crippen LogP contribution in [-0.4, -0.2) is 46.9 Å². The van der Waals surface area contributed by atoms with E-state index in [-0.39, 0.29) is 6.54 Å². The van der Waals surface area contributed by atoms with Gasteiger partial charge < -0.3 is 26.0 Å². The van der Waals surface area contributed by atoms with Crippen molar-refractivity contribution in [2.45, 2.75) is 85.9 Å². The first-order valence-corrected chi connectivity index (χ1v) is 13.2. The van der Waals surface area contributed by atoms with E-state index in [0.29, 0.717) is 17.7 Å². The van der Waals surface area contributed by atoms with Gasteiger partial charge in [-0.2, -0.15) is 0 Å². The normalized spacial score (nSPS) is 12.7. The number of alkyl carbamates (subject to hydrolysis) is 1. The summed E-state index contributed by atoms with van der Waals surface area (Å²) in [5.41, 5.74) is 9.54. The molecule has 0 saturated heterocycles. The van der Waals surface area contributed by atoms with Crippen LogP contribution in [0.1, 0.15) is 74.4 Å². The molecule has 0 aliphatic heterocycles. The molecule has 2 atom stereocenters. The highest BCUT2D eigenvalue weighted by Gasteiger charge is 2.37. The third-order valence-electron chi connectivity index (χ3n) is 5.99. The highest BCUT2D eigenvalue weighted by atomic mass is 16.6. The Morgan fingerprint density at radius 1 is 0.974 bits per heavy atom. The number of nitrogens with zero attached hydrogens (tertiary/aromatic N) is 1. The summed E-state index contributed by atoms with van der Waals surface area (Å²) in [4.78, 5) is 53.9. The lowest BCUT2D eigenvalue weighted by molar-refractivity contribution is -0.141. The van der Waals surface area contributed by atoms with Crippen molar-refractivity contribution in [3.8, 4) is 0 Å². The second-order valence-electron chi connectivity index (χ2n) is 11.0. The molecule has 4 N–H and O–H groups in total. The predicted octanol–water partition coefficient (Wildman–Crippen LogP) is 4.61. The van der Waals surface area contributed by atoms with Gasteiger partial charge in [-0.05, 0) is 71.6 Å². The lowest BCUT2D eigenvalue weighted by Gasteiger charge is -2.34. The minimum absolute atomic E-state index is 0.196. The van der Waals surface area contributed by atoms with Crippen LogP contribution in [0.25, 0.3) is 0 Å². The molecular formula is C30H42N4O5. The number of para-hydroxylation sites is 1. The average Bonchev–Trinajstić information content (AvgIpc) is 2.78. The Morgan fingerprint density at radius 3 is 2.03 bits per heavy atom. The number of hydrogen-bond acceptors (Lipinski definition) is 5. The molecule has 0 radical (unpaired) electrons. The predicted molar refractivity (Wildman–Crippen MR) is 152 cm³/mol. The summed E-state index contributed by atoms with van der Waals surface area (Å²) < 4.78 is 5.32. The van der Waals surface area contributed by atoms with Crippen LogP contribution in [-0.2, 0) is 19.1 Å². The molecule has 0 bridgehead atoms. The van der Waals surface area contributed by atoms with Gasteiger partial charge >= 0.3 is 6.09 Å². The number of hydrogen-bond donors (Lipinski definition) is 3. The zero-order chi connectivity index (χ0) is 29.5. The molecule has 9 heteroatoms. The zero-order valence-electron chi connectivity index (χ0n) is 24.3. The first kappa shape index (κ1) is 31.3. The number of carbonyl (C=O) groups excluding carboxylic acids is 4. The molecule has 212 valence electrons. The number of benzene rings is 2. The Hall–Kier alpha value is -3.88. The first-order valence-electron chi connectivity index (χ1n) is 13.2. The minimum atomic E-state index is -1.31. The number of amides is 4. The molecule has 0 saturated carbocycles. The van der Waals surface area contributed by atoms with Crippen LogP contribution in [0.2, 0.25) is 0 Å². The molecule has 0 aliphatic rings. The smallest absolute Gasteiger partial charge is 0.408 e. The topological polar surface area (TPSA) is 131 Å². The molecule has 2 aromatic carbocycles. The molecule has 0 aliphatic carbocycles. The van der Waals surface area contributed by atoms with Gasteiger partial charge in [-0.25, -0.2) is 4.79 Å². The van der Waals surface area contributed by atoms with Crippen molar-refractivity contribution in [2.75, 3.05) is 11.9 Å². The van der Waals surface area contributed by atoms with Gasteiger partial charge in [-0.15, -0.1) is 0 Å². The zero-order valence-corrected chi connectivity index (χ0v) is 24.3. The standard InChI is InChI=1S/C30H42N4O5/c1-9-13-34(28(37)23(17-24(31)35)32-29(38)39-30(6,7)8)26(22-15-18(2)14-19(3)16-22)27(36)33-25-20(4)11-10-12-21(25)5/h10-12,14-16,23,26H,9,13,17H2,1-8H3,(H2,31,35)(H,32,38)(H,33,36). The molecule has 9 nitrogen and oxygen atoms in total. The van der Waals surface area contributed by atoms with E-state index >= 15 is 0 Å². The number of nitrogens with two attached hydrogens (primary N) is 1. The van der Waals surface area contributed by atoms with Crippen molar-refractivity contribution in [1.29, 1.82) is 0 Å². The van der Waals surface area contributed by atoms with Gasteiger partial charge in [0, 0.05) is 12.2 Å². The Labute approximate surface area is 231 Å². The lowest BCUT2D eigenvalue weighted by atomic mass is 9.97. The van der Waals surface area contributed by atoms with Crippen molar-refractivity contribution in [3.63, 3.8) is 0 Å². The summed E-state index contributed by atoms with van der Waals surface area (Å²) in [6.45, 7) is 14.8. The van der Waals surface area contributed by atoms with Crippen molar-refractivity contribution in [2.24, 2.45) is 5.73 Å². The molecule has 0 heterocycles. The first-order chi connectivity index (χ1) is 18.1. The van der Waals surface area contributed by atoms with Gasteiger partial charge in [0.2, 0.25) is 11.8 Å². The van der Waals surface area contributed by atoms with Crippen LogP contribution < -0.4 is 16.4 Å². The highest BCUT2D eigenvalue weighted by molar-refractivity contribution is 6.00. The highest BCUT2D eigenvalue weighted by Crippen LogP contribution is 2.28. The fourth-order valence-corrected chi connectivity index (χ4v) is 4.50. The molecular weight excluding hydrogens is 496 g/mol. The molecule has 2 aromatic rings. The molecule has 2 unspecified atom stereocenters. The molecule has 0 spiro atoms. The fraction of sp³-hybridized carbons (Fsp3) is 0.467. The van der Waals surface area contributed by atoms with Gasteiger partial charge in [0.1, 0.15) is 17.7 Å². The van der Waals surface area contributed by atoms with Gasteiger partial charge in [-0.1, -0.05) is 54.4 Å².